The molecule has 1 amide bonds. The van der Waals surface area contributed by atoms with Crippen molar-refractivity contribution in [2.24, 2.45) is 10.7 Å². The Bertz CT molecular complexity index is 707. The SMILES string of the molecule is COc1cccc2c1OC(C)C(/C=C1\SC(N)=NC1=O)=C2. The van der Waals surface area contributed by atoms with Gasteiger partial charge in [-0.3, -0.25) is 4.79 Å². The Kier molecular flexibility index (Phi) is 3.47. The first-order valence-corrected chi connectivity index (χ1v) is 7.23. The zero-order valence-electron chi connectivity index (χ0n) is 11.6. The number of aliphatic imine (C=N–C) groups is 1. The van der Waals surface area contributed by atoms with Crippen molar-refractivity contribution in [3.8, 4) is 11.5 Å². The summed E-state index contributed by atoms with van der Waals surface area (Å²) in [7, 11) is 1.61. The number of nitrogens with two attached hydrogens (primary N) is 1. The number of benzene rings is 1. The molecule has 1 aromatic rings. The molecule has 0 bridgehead atoms. The van der Waals surface area contributed by atoms with Gasteiger partial charge in [0.1, 0.15) is 6.10 Å². The van der Waals surface area contributed by atoms with Gasteiger partial charge in [-0.15, -0.1) is 0 Å². The molecule has 5 nitrogen and oxygen atoms in total. The van der Waals surface area contributed by atoms with Crippen LogP contribution in [-0.4, -0.2) is 24.3 Å². The van der Waals surface area contributed by atoms with Gasteiger partial charge in [-0.25, -0.2) is 0 Å². The molecule has 1 unspecified atom stereocenters. The van der Waals surface area contributed by atoms with E-state index in [1.165, 1.54) is 11.8 Å². The molecule has 0 saturated heterocycles. The largest absolute Gasteiger partial charge is 0.493 e. The second-order valence-corrected chi connectivity index (χ2v) is 5.71. The van der Waals surface area contributed by atoms with Gasteiger partial charge in [0.25, 0.3) is 5.91 Å². The Balaban J connectivity index is 1.99. The minimum atomic E-state index is -0.304. The maximum atomic E-state index is 11.7. The highest BCUT2D eigenvalue weighted by molar-refractivity contribution is 8.18. The summed E-state index contributed by atoms with van der Waals surface area (Å²) in [4.78, 5) is 15.9. The predicted molar refractivity (Wildman–Crippen MR) is 83.4 cm³/mol. The van der Waals surface area contributed by atoms with Gasteiger partial charge < -0.3 is 15.2 Å². The van der Waals surface area contributed by atoms with Crippen molar-refractivity contribution in [2.75, 3.05) is 7.11 Å². The number of rotatable bonds is 2. The van der Waals surface area contributed by atoms with Crippen LogP contribution in [0, 0.1) is 0 Å². The average molecular weight is 302 g/mol. The minimum Gasteiger partial charge on any atom is -0.493 e. The second-order valence-electron chi connectivity index (χ2n) is 4.65. The summed E-state index contributed by atoms with van der Waals surface area (Å²) in [6.07, 6.45) is 3.58. The summed E-state index contributed by atoms with van der Waals surface area (Å²) < 4.78 is 11.2. The van der Waals surface area contributed by atoms with Crippen molar-refractivity contribution >= 4 is 28.9 Å². The summed E-state index contributed by atoms with van der Waals surface area (Å²) in [6, 6.07) is 5.69. The molecule has 2 heterocycles. The first-order valence-electron chi connectivity index (χ1n) is 6.42. The number of thioether (sulfide) groups is 1. The molecule has 1 atom stereocenters. The van der Waals surface area contributed by atoms with Crippen LogP contribution >= 0.6 is 11.8 Å². The van der Waals surface area contributed by atoms with Crippen LogP contribution < -0.4 is 15.2 Å². The molecule has 0 aliphatic carbocycles. The molecule has 0 spiro atoms. The highest BCUT2D eigenvalue weighted by Crippen LogP contribution is 2.38. The van der Waals surface area contributed by atoms with E-state index in [9.17, 15) is 4.79 Å². The summed E-state index contributed by atoms with van der Waals surface area (Å²) in [5, 5.41) is 0.276. The number of amides is 1. The van der Waals surface area contributed by atoms with Crippen LogP contribution in [0.4, 0.5) is 0 Å². The van der Waals surface area contributed by atoms with Crippen molar-refractivity contribution in [3.05, 3.63) is 40.3 Å². The standard InChI is InChI=1S/C15H14N2O3S/c1-8-10(7-12-14(18)17-15(16)21-12)6-9-4-3-5-11(19-2)13(9)20-8/h3-8H,1-2H3,(H2,16,17,18)/b12-7-. The van der Waals surface area contributed by atoms with E-state index in [1.54, 1.807) is 13.2 Å². The maximum Gasteiger partial charge on any atom is 0.286 e. The molecule has 0 radical (unpaired) electrons. The lowest BCUT2D eigenvalue weighted by molar-refractivity contribution is -0.113. The van der Waals surface area contributed by atoms with Crippen LogP contribution in [0.15, 0.2) is 39.7 Å². The number of ether oxygens (including phenoxy) is 2. The smallest absolute Gasteiger partial charge is 0.286 e. The molecule has 0 aromatic heterocycles. The molecule has 2 aliphatic heterocycles. The van der Waals surface area contributed by atoms with Crippen molar-refractivity contribution in [3.63, 3.8) is 0 Å². The molecule has 6 heteroatoms. The van der Waals surface area contributed by atoms with E-state index in [0.717, 1.165) is 16.9 Å². The Hall–Kier alpha value is -2.21. The third-order valence-electron chi connectivity index (χ3n) is 3.25. The minimum absolute atomic E-state index is 0.184. The normalized spacial score (nSPS) is 22.5. The van der Waals surface area contributed by atoms with Crippen LogP contribution in [0.25, 0.3) is 6.08 Å². The van der Waals surface area contributed by atoms with Crippen LogP contribution in [-0.2, 0) is 4.79 Å². The van der Waals surface area contributed by atoms with E-state index >= 15 is 0 Å². The monoisotopic (exact) mass is 302 g/mol. The molecule has 0 fully saturated rings. The molecule has 2 N–H and O–H groups in total. The lowest BCUT2D eigenvalue weighted by atomic mass is 10.0. The lowest BCUT2D eigenvalue weighted by Crippen LogP contribution is -2.18. The van der Waals surface area contributed by atoms with Gasteiger partial charge in [0, 0.05) is 5.56 Å². The van der Waals surface area contributed by atoms with E-state index in [0.29, 0.717) is 10.7 Å². The van der Waals surface area contributed by atoms with Gasteiger partial charge in [0.05, 0.1) is 12.0 Å². The predicted octanol–water partition coefficient (Wildman–Crippen LogP) is 2.33. The van der Waals surface area contributed by atoms with Crippen molar-refractivity contribution in [1.82, 2.24) is 0 Å². The number of hydrogen-bond acceptors (Lipinski definition) is 5. The van der Waals surface area contributed by atoms with Gasteiger partial charge in [-0.05, 0) is 42.5 Å². The summed E-state index contributed by atoms with van der Waals surface area (Å²) in [5.74, 6) is 1.11. The van der Waals surface area contributed by atoms with Gasteiger partial charge in [0.15, 0.2) is 16.7 Å². The molecule has 21 heavy (non-hydrogen) atoms. The quantitative estimate of drug-likeness (QED) is 0.849. The lowest BCUT2D eigenvalue weighted by Gasteiger charge is -2.24. The zero-order valence-corrected chi connectivity index (χ0v) is 12.4. The maximum absolute atomic E-state index is 11.7. The molecular weight excluding hydrogens is 288 g/mol. The number of carbonyl (C=O) groups is 1. The van der Waals surface area contributed by atoms with E-state index in [2.05, 4.69) is 4.99 Å². The Morgan fingerprint density at radius 2 is 2.29 bits per heavy atom. The molecule has 1 aromatic carbocycles. The number of fused-ring (bicyclic) bond motifs is 1. The molecular formula is C15H14N2O3S. The summed E-state index contributed by atoms with van der Waals surface area (Å²) in [6.45, 7) is 1.92. The number of carbonyl (C=O) groups excluding carboxylic acids is 1. The van der Waals surface area contributed by atoms with E-state index in [4.69, 9.17) is 15.2 Å². The average Bonchev–Trinajstić information content (AvgIpc) is 2.77. The van der Waals surface area contributed by atoms with Gasteiger partial charge >= 0.3 is 0 Å². The molecule has 108 valence electrons. The number of methoxy groups -OCH3 is 1. The topological polar surface area (TPSA) is 73.9 Å². The van der Waals surface area contributed by atoms with Crippen molar-refractivity contribution < 1.29 is 14.3 Å². The van der Waals surface area contributed by atoms with E-state index in [1.807, 2.05) is 31.2 Å². The first-order chi connectivity index (χ1) is 10.1. The van der Waals surface area contributed by atoms with Crippen molar-refractivity contribution in [1.29, 1.82) is 0 Å². The fourth-order valence-electron chi connectivity index (χ4n) is 2.21. The van der Waals surface area contributed by atoms with Gasteiger partial charge in [-0.1, -0.05) is 12.1 Å². The van der Waals surface area contributed by atoms with Gasteiger partial charge in [0.2, 0.25) is 0 Å². The van der Waals surface area contributed by atoms with Crippen LogP contribution in [0.1, 0.15) is 12.5 Å². The number of amidine groups is 1. The fourth-order valence-corrected chi connectivity index (χ4v) is 2.89. The Morgan fingerprint density at radius 1 is 1.48 bits per heavy atom. The first kappa shape index (κ1) is 13.8. The second kappa shape index (κ2) is 5.29. The third kappa shape index (κ3) is 2.54. The molecule has 2 aliphatic rings. The van der Waals surface area contributed by atoms with Gasteiger partial charge in [-0.2, -0.15) is 4.99 Å². The van der Waals surface area contributed by atoms with Crippen LogP contribution in [0.2, 0.25) is 0 Å². The number of nitrogens with zero attached hydrogens (tertiary/aromatic N) is 1. The molecule has 3 rings (SSSR count). The number of para-hydroxylation sites is 1. The van der Waals surface area contributed by atoms with Crippen LogP contribution in [0.5, 0.6) is 11.5 Å². The molecule has 0 saturated carbocycles. The highest BCUT2D eigenvalue weighted by atomic mass is 32.2. The van der Waals surface area contributed by atoms with Crippen LogP contribution in [0.3, 0.4) is 0 Å². The fraction of sp³-hybridized carbons (Fsp3) is 0.200. The summed E-state index contributed by atoms with van der Waals surface area (Å²) in [5.41, 5.74) is 7.37. The van der Waals surface area contributed by atoms with Crippen molar-refractivity contribution in [2.45, 2.75) is 13.0 Å². The highest BCUT2D eigenvalue weighted by Gasteiger charge is 2.24. The third-order valence-corrected chi connectivity index (χ3v) is 4.06. The Labute approximate surface area is 126 Å². The van der Waals surface area contributed by atoms with E-state index < -0.39 is 0 Å². The Morgan fingerprint density at radius 3 is 2.95 bits per heavy atom. The zero-order chi connectivity index (χ0) is 15.0. The summed E-state index contributed by atoms with van der Waals surface area (Å²) >= 11 is 1.18. The number of hydrogen-bond donors (Lipinski definition) is 1. The van der Waals surface area contributed by atoms with E-state index in [-0.39, 0.29) is 17.2 Å².